The molecule has 2 N–H and O–H groups in total. The lowest BCUT2D eigenvalue weighted by atomic mass is 10.1. The summed E-state index contributed by atoms with van der Waals surface area (Å²) in [5.74, 6) is -0.0697. The van der Waals surface area contributed by atoms with Gasteiger partial charge in [0.15, 0.2) is 5.13 Å². The SMILES string of the molecule is CCCNC(C)c1csc(NC(=O)C2CCCCO2)n1. The fraction of sp³-hybridized carbons (Fsp3) is 0.714. The molecule has 1 aromatic heterocycles. The van der Waals surface area contributed by atoms with E-state index in [1.165, 1.54) is 11.3 Å². The zero-order chi connectivity index (χ0) is 14.4. The van der Waals surface area contributed by atoms with Crippen LogP contribution in [0.25, 0.3) is 0 Å². The maximum atomic E-state index is 12.0. The fourth-order valence-corrected chi connectivity index (χ4v) is 2.95. The Morgan fingerprint density at radius 1 is 1.60 bits per heavy atom. The molecule has 2 unspecified atom stereocenters. The van der Waals surface area contributed by atoms with Gasteiger partial charge >= 0.3 is 0 Å². The average Bonchev–Trinajstić information content (AvgIpc) is 2.94. The molecule has 112 valence electrons. The molecule has 1 fully saturated rings. The summed E-state index contributed by atoms with van der Waals surface area (Å²) in [7, 11) is 0. The number of aromatic nitrogens is 1. The monoisotopic (exact) mass is 297 g/mol. The Hall–Kier alpha value is -0.980. The normalized spacial score (nSPS) is 20.6. The first-order valence-electron chi connectivity index (χ1n) is 7.32. The summed E-state index contributed by atoms with van der Waals surface area (Å²) in [6, 6.07) is 0.211. The molecule has 2 atom stereocenters. The number of thiazole rings is 1. The third-order valence-electron chi connectivity index (χ3n) is 3.37. The van der Waals surface area contributed by atoms with Crippen molar-refractivity contribution < 1.29 is 9.53 Å². The number of nitrogens with one attached hydrogen (secondary N) is 2. The van der Waals surface area contributed by atoms with E-state index in [0.29, 0.717) is 11.7 Å². The van der Waals surface area contributed by atoms with E-state index < -0.39 is 0 Å². The Kier molecular flexibility index (Phi) is 5.94. The number of hydrogen-bond donors (Lipinski definition) is 2. The number of rotatable bonds is 6. The van der Waals surface area contributed by atoms with Crippen molar-refractivity contribution >= 4 is 22.4 Å². The summed E-state index contributed by atoms with van der Waals surface area (Å²) in [6.45, 7) is 5.87. The largest absolute Gasteiger partial charge is 0.368 e. The molecule has 2 rings (SSSR count). The van der Waals surface area contributed by atoms with Gasteiger partial charge in [-0.15, -0.1) is 11.3 Å². The van der Waals surface area contributed by atoms with Crippen LogP contribution >= 0.6 is 11.3 Å². The highest BCUT2D eigenvalue weighted by atomic mass is 32.1. The number of nitrogens with zero attached hydrogens (tertiary/aromatic N) is 1. The van der Waals surface area contributed by atoms with Gasteiger partial charge < -0.3 is 10.1 Å². The van der Waals surface area contributed by atoms with Crippen LogP contribution < -0.4 is 10.6 Å². The van der Waals surface area contributed by atoms with Crippen LogP contribution in [0.5, 0.6) is 0 Å². The summed E-state index contributed by atoms with van der Waals surface area (Å²) in [6.07, 6.45) is 3.69. The Morgan fingerprint density at radius 2 is 2.45 bits per heavy atom. The molecule has 20 heavy (non-hydrogen) atoms. The van der Waals surface area contributed by atoms with E-state index in [1.54, 1.807) is 0 Å². The molecular formula is C14H23N3O2S. The van der Waals surface area contributed by atoms with Gasteiger partial charge in [0.2, 0.25) is 0 Å². The van der Waals surface area contributed by atoms with Crippen molar-refractivity contribution in [2.45, 2.75) is 51.7 Å². The van der Waals surface area contributed by atoms with E-state index in [9.17, 15) is 4.79 Å². The van der Waals surface area contributed by atoms with Crippen molar-refractivity contribution in [3.63, 3.8) is 0 Å². The molecule has 5 nitrogen and oxygen atoms in total. The van der Waals surface area contributed by atoms with E-state index in [1.807, 2.05) is 5.38 Å². The average molecular weight is 297 g/mol. The van der Waals surface area contributed by atoms with Crippen LogP contribution in [-0.2, 0) is 9.53 Å². The Labute approximate surface area is 124 Å². The lowest BCUT2D eigenvalue weighted by Crippen LogP contribution is -2.33. The molecule has 1 aromatic rings. The summed E-state index contributed by atoms with van der Waals surface area (Å²) in [5.41, 5.74) is 0.975. The lowest BCUT2D eigenvalue weighted by Gasteiger charge is -2.20. The van der Waals surface area contributed by atoms with E-state index in [2.05, 4.69) is 29.5 Å². The van der Waals surface area contributed by atoms with Crippen molar-refractivity contribution in [1.82, 2.24) is 10.3 Å². The summed E-state index contributed by atoms with van der Waals surface area (Å²) >= 11 is 1.47. The number of carbonyl (C=O) groups is 1. The second-order valence-corrected chi connectivity index (χ2v) is 5.96. The summed E-state index contributed by atoms with van der Waals surface area (Å²) in [5, 5.41) is 8.89. The highest BCUT2D eigenvalue weighted by Crippen LogP contribution is 2.22. The topological polar surface area (TPSA) is 63.2 Å². The minimum atomic E-state index is -0.313. The van der Waals surface area contributed by atoms with Gasteiger partial charge in [0.25, 0.3) is 5.91 Å². The molecule has 0 aliphatic carbocycles. The van der Waals surface area contributed by atoms with Crippen molar-refractivity contribution in [1.29, 1.82) is 0 Å². The van der Waals surface area contributed by atoms with Gasteiger partial charge in [0, 0.05) is 18.0 Å². The van der Waals surface area contributed by atoms with Crippen LogP contribution in [0.4, 0.5) is 5.13 Å². The minimum Gasteiger partial charge on any atom is -0.368 e. The van der Waals surface area contributed by atoms with Crippen LogP contribution in [0.3, 0.4) is 0 Å². The number of hydrogen-bond acceptors (Lipinski definition) is 5. The third-order valence-corrected chi connectivity index (χ3v) is 4.14. The molecule has 1 saturated heterocycles. The van der Waals surface area contributed by atoms with E-state index in [-0.39, 0.29) is 18.1 Å². The molecule has 1 aliphatic rings. The first-order valence-corrected chi connectivity index (χ1v) is 8.20. The first-order chi connectivity index (χ1) is 9.70. The molecule has 1 amide bonds. The standard InChI is InChI=1S/C14H23N3O2S/c1-3-7-15-10(2)11-9-20-14(16-11)17-13(18)12-6-4-5-8-19-12/h9-10,12,15H,3-8H2,1-2H3,(H,16,17,18). The number of amides is 1. The molecule has 0 spiro atoms. The van der Waals surface area contributed by atoms with Gasteiger partial charge in [0.1, 0.15) is 6.10 Å². The van der Waals surface area contributed by atoms with E-state index >= 15 is 0 Å². The van der Waals surface area contributed by atoms with Gasteiger partial charge in [-0.2, -0.15) is 0 Å². The number of ether oxygens (including phenoxy) is 1. The van der Waals surface area contributed by atoms with Crippen LogP contribution in [0.1, 0.15) is 51.3 Å². The van der Waals surface area contributed by atoms with Gasteiger partial charge in [-0.25, -0.2) is 4.98 Å². The molecule has 0 saturated carbocycles. The fourth-order valence-electron chi connectivity index (χ4n) is 2.14. The van der Waals surface area contributed by atoms with E-state index in [4.69, 9.17) is 4.74 Å². The number of anilines is 1. The van der Waals surface area contributed by atoms with E-state index in [0.717, 1.165) is 37.9 Å². The zero-order valence-corrected chi connectivity index (χ0v) is 13.0. The predicted octanol–water partition coefficient (Wildman–Crippen LogP) is 2.71. The summed E-state index contributed by atoms with van der Waals surface area (Å²) < 4.78 is 5.47. The van der Waals surface area contributed by atoms with Crippen LogP contribution in [0, 0.1) is 0 Å². The van der Waals surface area contributed by atoms with Crippen LogP contribution in [0.2, 0.25) is 0 Å². The zero-order valence-electron chi connectivity index (χ0n) is 12.1. The van der Waals surface area contributed by atoms with Crippen molar-refractivity contribution in [2.75, 3.05) is 18.5 Å². The second-order valence-electron chi connectivity index (χ2n) is 5.10. The highest BCUT2D eigenvalue weighted by molar-refractivity contribution is 7.13. The maximum absolute atomic E-state index is 12.0. The Balaban J connectivity index is 1.86. The number of carbonyl (C=O) groups excluding carboxylic acids is 1. The molecule has 2 heterocycles. The van der Waals surface area contributed by atoms with Crippen molar-refractivity contribution in [2.24, 2.45) is 0 Å². The third kappa shape index (κ3) is 4.26. The molecule has 0 radical (unpaired) electrons. The highest BCUT2D eigenvalue weighted by Gasteiger charge is 2.22. The quantitative estimate of drug-likeness (QED) is 0.847. The Bertz CT molecular complexity index is 430. The molecule has 1 aliphatic heterocycles. The van der Waals surface area contributed by atoms with Gasteiger partial charge in [-0.1, -0.05) is 6.92 Å². The minimum absolute atomic E-state index is 0.0697. The molecule has 6 heteroatoms. The van der Waals surface area contributed by atoms with Gasteiger partial charge in [0.05, 0.1) is 5.69 Å². The van der Waals surface area contributed by atoms with Crippen molar-refractivity contribution in [3.8, 4) is 0 Å². The lowest BCUT2D eigenvalue weighted by molar-refractivity contribution is -0.129. The molecule has 0 bridgehead atoms. The maximum Gasteiger partial charge on any atom is 0.255 e. The Morgan fingerprint density at radius 3 is 3.15 bits per heavy atom. The van der Waals surface area contributed by atoms with Gasteiger partial charge in [-0.3, -0.25) is 10.1 Å². The van der Waals surface area contributed by atoms with Crippen LogP contribution in [0.15, 0.2) is 5.38 Å². The van der Waals surface area contributed by atoms with Crippen LogP contribution in [-0.4, -0.2) is 30.1 Å². The van der Waals surface area contributed by atoms with Crippen molar-refractivity contribution in [3.05, 3.63) is 11.1 Å². The first kappa shape index (κ1) is 15.4. The molecular weight excluding hydrogens is 274 g/mol. The van der Waals surface area contributed by atoms with Gasteiger partial charge in [-0.05, 0) is 39.2 Å². The molecule has 0 aromatic carbocycles. The second kappa shape index (κ2) is 7.71. The smallest absolute Gasteiger partial charge is 0.255 e. The predicted molar refractivity (Wildman–Crippen MR) is 81.0 cm³/mol. The summed E-state index contributed by atoms with van der Waals surface area (Å²) in [4.78, 5) is 16.5.